The van der Waals surface area contributed by atoms with Crippen molar-refractivity contribution in [1.29, 1.82) is 0 Å². The van der Waals surface area contributed by atoms with Crippen LogP contribution in [0.15, 0.2) is 18.2 Å². The van der Waals surface area contributed by atoms with E-state index < -0.39 is 4.92 Å². The summed E-state index contributed by atoms with van der Waals surface area (Å²) in [5.41, 5.74) is 0.722. The molecular weight excluding hydrogens is 382 g/mol. The number of carbonyl (C=O) groups is 2. The largest absolute Gasteiger partial charge is 0.377 e. The van der Waals surface area contributed by atoms with Crippen LogP contribution in [-0.2, 0) is 9.59 Å². The Hall–Kier alpha value is -2.44. The van der Waals surface area contributed by atoms with Crippen molar-refractivity contribution in [3.63, 3.8) is 0 Å². The summed E-state index contributed by atoms with van der Waals surface area (Å²) in [5, 5.41) is 15.2. The Kier molecular flexibility index (Phi) is 6.06. The molecule has 2 amide bonds. The van der Waals surface area contributed by atoms with Gasteiger partial charge in [0, 0.05) is 12.1 Å². The number of anilines is 2. The second kappa shape index (κ2) is 8.74. The molecule has 2 aliphatic carbocycles. The zero-order chi connectivity index (χ0) is 21.3. The molecule has 0 spiro atoms. The molecule has 3 atom stereocenters. The van der Waals surface area contributed by atoms with Crippen LogP contribution in [0.2, 0.25) is 0 Å². The molecule has 0 bridgehead atoms. The van der Waals surface area contributed by atoms with Gasteiger partial charge in [-0.25, -0.2) is 4.90 Å². The Morgan fingerprint density at radius 3 is 2.33 bits per heavy atom. The summed E-state index contributed by atoms with van der Waals surface area (Å²) in [7, 11) is 0. The fraction of sp³-hybridized carbons (Fsp3) is 0.652. The van der Waals surface area contributed by atoms with Crippen molar-refractivity contribution in [2.45, 2.75) is 77.2 Å². The number of benzene rings is 1. The SMILES string of the molecule is C[C@@H]1CC[C@H]2C(=O)N(c3ccc(NC4CCCCCCC4)c([N+](=O)[O-])c3)C(=O)[C@@H]2C1. The van der Waals surface area contributed by atoms with Gasteiger partial charge in [0.25, 0.3) is 5.69 Å². The lowest BCUT2D eigenvalue weighted by Gasteiger charge is -2.25. The van der Waals surface area contributed by atoms with E-state index >= 15 is 0 Å². The van der Waals surface area contributed by atoms with E-state index in [0.717, 1.165) is 44.9 Å². The fourth-order valence-corrected chi connectivity index (χ4v) is 5.40. The minimum Gasteiger partial charge on any atom is -0.377 e. The van der Waals surface area contributed by atoms with E-state index in [-0.39, 0.29) is 35.4 Å². The van der Waals surface area contributed by atoms with Gasteiger partial charge >= 0.3 is 0 Å². The van der Waals surface area contributed by atoms with Gasteiger partial charge in [0.05, 0.1) is 22.4 Å². The van der Waals surface area contributed by atoms with Crippen LogP contribution in [0, 0.1) is 27.9 Å². The van der Waals surface area contributed by atoms with Crippen LogP contribution in [0.1, 0.15) is 71.1 Å². The summed E-state index contributed by atoms with van der Waals surface area (Å²) >= 11 is 0. The summed E-state index contributed by atoms with van der Waals surface area (Å²) in [5.74, 6) is -0.542. The molecule has 2 saturated carbocycles. The summed E-state index contributed by atoms with van der Waals surface area (Å²) in [6.45, 7) is 2.11. The number of rotatable bonds is 4. The molecule has 0 radical (unpaired) electrons. The van der Waals surface area contributed by atoms with Crippen molar-refractivity contribution >= 4 is 28.9 Å². The average molecular weight is 414 g/mol. The lowest BCUT2D eigenvalue weighted by molar-refractivity contribution is -0.383. The second-order valence-electron chi connectivity index (χ2n) is 9.29. The summed E-state index contributed by atoms with van der Waals surface area (Å²) in [6.07, 6.45) is 10.3. The van der Waals surface area contributed by atoms with Crippen molar-refractivity contribution in [2.24, 2.45) is 17.8 Å². The number of imide groups is 1. The number of carbonyl (C=O) groups excluding carboxylic acids is 2. The van der Waals surface area contributed by atoms with Gasteiger partial charge < -0.3 is 5.32 Å². The molecule has 0 unspecified atom stereocenters. The maximum absolute atomic E-state index is 13.0. The lowest BCUT2D eigenvalue weighted by atomic mass is 9.76. The maximum atomic E-state index is 13.0. The van der Waals surface area contributed by atoms with Crippen molar-refractivity contribution in [1.82, 2.24) is 0 Å². The monoisotopic (exact) mass is 413 g/mol. The zero-order valence-electron chi connectivity index (χ0n) is 17.6. The third kappa shape index (κ3) is 4.07. The third-order valence-corrected chi connectivity index (χ3v) is 7.09. The first-order valence-electron chi connectivity index (χ1n) is 11.4. The predicted molar refractivity (Wildman–Crippen MR) is 115 cm³/mol. The molecule has 7 heteroatoms. The van der Waals surface area contributed by atoms with E-state index in [2.05, 4.69) is 12.2 Å². The number of hydrogen-bond acceptors (Lipinski definition) is 5. The van der Waals surface area contributed by atoms with Gasteiger partial charge in [-0.15, -0.1) is 0 Å². The molecule has 1 aromatic carbocycles. The Bertz CT molecular complexity index is 832. The predicted octanol–water partition coefficient (Wildman–Crippen LogP) is 5.05. The number of fused-ring (bicyclic) bond motifs is 1. The second-order valence-corrected chi connectivity index (χ2v) is 9.29. The topological polar surface area (TPSA) is 92.6 Å². The molecule has 162 valence electrons. The van der Waals surface area contributed by atoms with E-state index in [1.807, 2.05) is 0 Å². The van der Waals surface area contributed by atoms with Crippen LogP contribution >= 0.6 is 0 Å². The average Bonchev–Trinajstić information content (AvgIpc) is 2.94. The molecule has 4 rings (SSSR count). The van der Waals surface area contributed by atoms with Crippen molar-refractivity contribution in [2.75, 3.05) is 10.2 Å². The van der Waals surface area contributed by atoms with Crippen molar-refractivity contribution in [3.05, 3.63) is 28.3 Å². The first kappa shape index (κ1) is 20.8. The van der Waals surface area contributed by atoms with Crippen molar-refractivity contribution < 1.29 is 14.5 Å². The maximum Gasteiger partial charge on any atom is 0.294 e. The molecule has 30 heavy (non-hydrogen) atoms. The molecule has 3 aliphatic rings. The molecule has 7 nitrogen and oxygen atoms in total. The minimum atomic E-state index is -0.422. The van der Waals surface area contributed by atoms with Gasteiger partial charge in [-0.3, -0.25) is 19.7 Å². The Labute approximate surface area is 177 Å². The van der Waals surface area contributed by atoms with Crippen LogP contribution in [-0.4, -0.2) is 22.8 Å². The number of hydrogen-bond donors (Lipinski definition) is 1. The highest BCUT2D eigenvalue weighted by atomic mass is 16.6. The fourth-order valence-electron chi connectivity index (χ4n) is 5.40. The number of nitro benzene ring substituents is 1. The van der Waals surface area contributed by atoms with Gasteiger partial charge in [-0.2, -0.15) is 0 Å². The van der Waals surface area contributed by atoms with Gasteiger partial charge in [0.2, 0.25) is 11.8 Å². The normalized spacial score (nSPS) is 28.0. The van der Waals surface area contributed by atoms with Crippen LogP contribution < -0.4 is 10.2 Å². The standard InChI is InChI=1S/C23H31N3O4/c1-15-9-11-18-19(13-15)23(28)25(22(18)27)17-10-12-20(21(14-17)26(29)30)24-16-7-5-3-2-4-6-8-16/h10,12,14-16,18-19,24H,2-9,11,13H2,1H3/t15-,18-,19-/m1/s1. The molecular formula is C23H31N3O4. The van der Waals surface area contributed by atoms with E-state index in [0.29, 0.717) is 17.3 Å². The zero-order valence-corrected chi connectivity index (χ0v) is 17.6. The molecule has 0 aromatic heterocycles. The lowest BCUT2D eigenvalue weighted by Crippen LogP contribution is -2.31. The Balaban J connectivity index is 1.58. The minimum absolute atomic E-state index is 0.0709. The summed E-state index contributed by atoms with van der Waals surface area (Å²) in [6, 6.07) is 4.95. The highest BCUT2D eigenvalue weighted by Crippen LogP contribution is 2.43. The number of nitrogens with zero attached hydrogens (tertiary/aromatic N) is 2. The van der Waals surface area contributed by atoms with Crippen LogP contribution in [0.4, 0.5) is 17.1 Å². The Morgan fingerprint density at radius 2 is 1.63 bits per heavy atom. The molecule has 1 N–H and O–H groups in total. The van der Waals surface area contributed by atoms with Crippen LogP contribution in [0.5, 0.6) is 0 Å². The molecule has 1 saturated heterocycles. The van der Waals surface area contributed by atoms with Crippen LogP contribution in [0.3, 0.4) is 0 Å². The summed E-state index contributed by atoms with van der Waals surface area (Å²) < 4.78 is 0. The van der Waals surface area contributed by atoms with Gasteiger partial charge in [-0.1, -0.05) is 39.0 Å². The van der Waals surface area contributed by atoms with Gasteiger partial charge in [-0.05, 0) is 50.2 Å². The quantitative estimate of drug-likeness (QED) is 0.424. The Morgan fingerprint density at radius 1 is 0.967 bits per heavy atom. The smallest absolute Gasteiger partial charge is 0.294 e. The first-order valence-corrected chi connectivity index (χ1v) is 11.4. The number of amides is 2. The highest BCUT2D eigenvalue weighted by molar-refractivity contribution is 6.22. The highest BCUT2D eigenvalue weighted by Gasteiger charge is 2.50. The van der Waals surface area contributed by atoms with E-state index in [1.165, 1.54) is 30.2 Å². The van der Waals surface area contributed by atoms with E-state index in [9.17, 15) is 19.7 Å². The van der Waals surface area contributed by atoms with Gasteiger partial charge in [0.15, 0.2) is 0 Å². The number of nitrogens with one attached hydrogen (secondary N) is 1. The van der Waals surface area contributed by atoms with Gasteiger partial charge in [0.1, 0.15) is 5.69 Å². The van der Waals surface area contributed by atoms with E-state index in [4.69, 9.17) is 0 Å². The van der Waals surface area contributed by atoms with E-state index in [1.54, 1.807) is 12.1 Å². The number of nitro groups is 1. The molecule has 1 aromatic rings. The molecule has 3 fully saturated rings. The van der Waals surface area contributed by atoms with Crippen molar-refractivity contribution in [3.8, 4) is 0 Å². The third-order valence-electron chi connectivity index (χ3n) is 7.09. The molecule has 1 heterocycles. The first-order chi connectivity index (χ1) is 14.5. The molecule has 1 aliphatic heterocycles. The van der Waals surface area contributed by atoms with Crippen LogP contribution in [0.25, 0.3) is 0 Å². The summed E-state index contributed by atoms with van der Waals surface area (Å²) in [4.78, 5) is 38.5.